The Morgan fingerprint density at radius 1 is 1.46 bits per heavy atom. The Bertz CT molecular complexity index is 633. The maximum absolute atomic E-state index is 13.1. The topological polar surface area (TPSA) is 56.8 Å². The Hall–Kier alpha value is -1.41. The van der Waals surface area contributed by atoms with Crippen LogP contribution in [0.1, 0.15) is 26.2 Å². The summed E-state index contributed by atoms with van der Waals surface area (Å²) in [5.41, 5.74) is 3.20. The highest BCUT2D eigenvalue weighted by Gasteiger charge is 2.31. The molecule has 0 saturated carbocycles. The Balaban J connectivity index is 1.45. The average Bonchev–Trinajstić information content (AvgIpc) is 3.08. The van der Waals surface area contributed by atoms with Crippen LogP contribution in [-0.4, -0.2) is 60.8 Å². The van der Waals surface area contributed by atoms with Crippen molar-refractivity contribution in [2.24, 2.45) is 0 Å². The van der Waals surface area contributed by atoms with E-state index in [1.807, 2.05) is 5.01 Å². The van der Waals surface area contributed by atoms with Gasteiger partial charge in [-0.1, -0.05) is 24.9 Å². The van der Waals surface area contributed by atoms with Gasteiger partial charge in [0.2, 0.25) is 5.91 Å². The molecule has 6 nitrogen and oxygen atoms in total. The molecule has 8 heteroatoms. The summed E-state index contributed by atoms with van der Waals surface area (Å²) >= 11 is 5.96. The molecule has 0 radical (unpaired) electrons. The average molecular weight is 385 g/mol. The molecule has 2 heterocycles. The van der Waals surface area contributed by atoms with Crippen LogP contribution in [0, 0.1) is 5.82 Å². The first-order valence-electron chi connectivity index (χ1n) is 9.17. The van der Waals surface area contributed by atoms with Gasteiger partial charge in [0, 0.05) is 13.1 Å². The highest BCUT2D eigenvalue weighted by atomic mass is 35.5. The maximum Gasteiger partial charge on any atom is 0.237 e. The molecule has 144 valence electrons. The fourth-order valence-electron chi connectivity index (χ4n) is 3.53. The number of hydrazine groups is 1. The van der Waals surface area contributed by atoms with Gasteiger partial charge in [0.15, 0.2) is 6.73 Å². The number of piperidine rings is 1. The van der Waals surface area contributed by atoms with Gasteiger partial charge in [-0.15, -0.1) is 0 Å². The first kappa shape index (κ1) is 19.4. The molecule has 2 atom stereocenters. The molecular formula is C18H26ClFN4O2. The van der Waals surface area contributed by atoms with E-state index >= 15 is 0 Å². The Morgan fingerprint density at radius 3 is 3.08 bits per heavy atom. The number of amides is 1. The summed E-state index contributed by atoms with van der Waals surface area (Å²) < 4.78 is 18.7. The monoisotopic (exact) mass is 384 g/mol. The number of carbonyl (C=O) groups is 1. The van der Waals surface area contributed by atoms with Gasteiger partial charge >= 0.3 is 0 Å². The minimum absolute atomic E-state index is 0.0166. The maximum atomic E-state index is 13.1. The van der Waals surface area contributed by atoms with E-state index in [9.17, 15) is 9.18 Å². The zero-order valence-corrected chi connectivity index (χ0v) is 15.8. The SMILES string of the molecule is CCN1CCCCC1C(=O)NC1CNN(COc2ccc(F)cc2Cl)C1. The van der Waals surface area contributed by atoms with Crippen molar-refractivity contribution in [3.05, 3.63) is 29.0 Å². The van der Waals surface area contributed by atoms with Crippen LogP contribution in [0.15, 0.2) is 18.2 Å². The Labute approximate surface area is 158 Å². The molecule has 2 aliphatic heterocycles. The lowest BCUT2D eigenvalue weighted by atomic mass is 10.0. The molecule has 0 spiro atoms. The normalized spacial score (nSPS) is 24.6. The zero-order chi connectivity index (χ0) is 18.5. The molecule has 0 bridgehead atoms. The van der Waals surface area contributed by atoms with Crippen LogP contribution in [0.25, 0.3) is 0 Å². The van der Waals surface area contributed by atoms with E-state index in [4.69, 9.17) is 16.3 Å². The number of benzene rings is 1. The quantitative estimate of drug-likeness (QED) is 0.785. The van der Waals surface area contributed by atoms with E-state index in [0.717, 1.165) is 25.9 Å². The summed E-state index contributed by atoms with van der Waals surface area (Å²) in [5.74, 6) is 0.152. The summed E-state index contributed by atoms with van der Waals surface area (Å²) in [5, 5.41) is 5.26. The van der Waals surface area contributed by atoms with Gasteiger partial charge < -0.3 is 10.1 Å². The van der Waals surface area contributed by atoms with Crippen molar-refractivity contribution < 1.29 is 13.9 Å². The van der Waals surface area contributed by atoms with Crippen LogP contribution in [0.3, 0.4) is 0 Å². The smallest absolute Gasteiger partial charge is 0.237 e. The molecule has 2 saturated heterocycles. The van der Waals surface area contributed by atoms with Crippen molar-refractivity contribution in [3.63, 3.8) is 0 Å². The minimum atomic E-state index is -0.395. The van der Waals surface area contributed by atoms with Crippen LogP contribution in [0.5, 0.6) is 5.75 Å². The fourth-order valence-corrected chi connectivity index (χ4v) is 3.75. The molecule has 1 aromatic rings. The Morgan fingerprint density at radius 2 is 2.31 bits per heavy atom. The van der Waals surface area contributed by atoms with Crippen LogP contribution in [-0.2, 0) is 4.79 Å². The Kier molecular flexibility index (Phi) is 6.69. The number of hydrogen-bond acceptors (Lipinski definition) is 5. The van der Waals surface area contributed by atoms with Gasteiger partial charge in [-0.05, 0) is 44.1 Å². The second-order valence-electron chi connectivity index (χ2n) is 6.78. The molecule has 2 aliphatic rings. The van der Waals surface area contributed by atoms with Crippen molar-refractivity contribution in [3.8, 4) is 5.75 Å². The molecule has 0 aliphatic carbocycles. The molecular weight excluding hydrogens is 359 g/mol. The number of rotatable bonds is 6. The zero-order valence-electron chi connectivity index (χ0n) is 15.0. The first-order valence-corrected chi connectivity index (χ1v) is 9.55. The number of ether oxygens (including phenoxy) is 1. The summed E-state index contributed by atoms with van der Waals surface area (Å²) in [6.07, 6.45) is 3.20. The summed E-state index contributed by atoms with van der Waals surface area (Å²) in [6.45, 7) is 5.56. The molecule has 2 N–H and O–H groups in total. The number of likely N-dealkylation sites (N-methyl/N-ethyl adjacent to an activating group) is 1. The van der Waals surface area contributed by atoms with Crippen LogP contribution in [0.2, 0.25) is 5.02 Å². The molecule has 26 heavy (non-hydrogen) atoms. The molecule has 1 amide bonds. The van der Waals surface area contributed by atoms with E-state index in [1.54, 1.807) is 0 Å². The third-order valence-electron chi connectivity index (χ3n) is 4.94. The van der Waals surface area contributed by atoms with Gasteiger partial charge in [0.1, 0.15) is 11.6 Å². The molecule has 2 fully saturated rings. The lowest BCUT2D eigenvalue weighted by molar-refractivity contribution is -0.128. The first-order chi connectivity index (χ1) is 12.6. The van der Waals surface area contributed by atoms with Crippen LogP contribution < -0.4 is 15.5 Å². The van der Waals surface area contributed by atoms with Gasteiger partial charge in [0.05, 0.1) is 17.1 Å². The molecule has 1 aromatic carbocycles. The molecule has 2 unspecified atom stereocenters. The summed E-state index contributed by atoms with van der Waals surface area (Å²) in [6, 6.07) is 4.06. The second kappa shape index (κ2) is 8.99. The lowest BCUT2D eigenvalue weighted by Gasteiger charge is -2.34. The number of nitrogens with zero attached hydrogens (tertiary/aromatic N) is 2. The number of hydrogen-bond donors (Lipinski definition) is 2. The number of carbonyl (C=O) groups excluding carboxylic acids is 1. The van der Waals surface area contributed by atoms with E-state index in [1.165, 1.54) is 24.6 Å². The van der Waals surface area contributed by atoms with Crippen molar-refractivity contribution in [2.45, 2.75) is 38.3 Å². The van der Waals surface area contributed by atoms with Gasteiger partial charge in [-0.3, -0.25) is 15.1 Å². The predicted molar refractivity (Wildman–Crippen MR) is 98.4 cm³/mol. The number of likely N-dealkylation sites (tertiary alicyclic amines) is 1. The van der Waals surface area contributed by atoms with E-state index in [2.05, 4.69) is 22.6 Å². The van der Waals surface area contributed by atoms with Crippen molar-refractivity contribution in [1.29, 1.82) is 0 Å². The predicted octanol–water partition coefficient (Wildman–Crippen LogP) is 1.99. The number of nitrogens with one attached hydrogen (secondary N) is 2. The molecule has 0 aromatic heterocycles. The van der Waals surface area contributed by atoms with Gasteiger partial charge in [-0.25, -0.2) is 9.40 Å². The van der Waals surface area contributed by atoms with Crippen molar-refractivity contribution >= 4 is 17.5 Å². The van der Waals surface area contributed by atoms with Crippen LogP contribution in [0.4, 0.5) is 4.39 Å². The molecule has 3 rings (SSSR count). The number of halogens is 2. The highest BCUT2D eigenvalue weighted by Crippen LogP contribution is 2.25. The fraction of sp³-hybridized carbons (Fsp3) is 0.611. The minimum Gasteiger partial charge on any atom is -0.475 e. The van der Waals surface area contributed by atoms with Crippen LogP contribution >= 0.6 is 11.6 Å². The van der Waals surface area contributed by atoms with E-state index in [0.29, 0.717) is 18.8 Å². The van der Waals surface area contributed by atoms with Crippen molar-refractivity contribution in [2.75, 3.05) is 32.9 Å². The van der Waals surface area contributed by atoms with Gasteiger partial charge in [0.25, 0.3) is 0 Å². The standard InChI is InChI=1S/C18H26ClFN4O2/c1-2-23-8-4-3-5-16(23)18(25)22-14-10-21-24(11-14)12-26-17-7-6-13(20)9-15(17)19/h6-7,9,14,16,21H,2-5,8,10-12H2,1H3,(H,22,25). The lowest BCUT2D eigenvalue weighted by Crippen LogP contribution is -2.52. The van der Waals surface area contributed by atoms with E-state index in [-0.39, 0.29) is 29.7 Å². The van der Waals surface area contributed by atoms with Crippen molar-refractivity contribution in [1.82, 2.24) is 20.7 Å². The summed E-state index contributed by atoms with van der Waals surface area (Å²) in [4.78, 5) is 14.9. The summed E-state index contributed by atoms with van der Waals surface area (Å²) in [7, 11) is 0. The third-order valence-corrected chi connectivity index (χ3v) is 5.24. The van der Waals surface area contributed by atoms with Gasteiger partial charge in [-0.2, -0.15) is 0 Å². The largest absolute Gasteiger partial charge is 0.475 e. The van der Waals surface area contributed by atoms with E-state index < -0.39 is 5.82 Å². The highest BCUT2D eigenvalue weighted by molar-refractivity contribution is 6.32. The third kappa shape index (κ3) is 4.85. The second-order valence-corrected chi connectivity index (χ2v) is 7.19.